The van der Waals surface area contributed by atoms with Crippen molar-refractivity contribution in [2.24, 2.45) is 0 Å². The van der Waals surface area contributed by atoms with E-state index in [0.717, 1.165) is 22.6 Å². The Bertz CT molecular complexity index is 1010. The lowest BCUT2D eigenvalue weighted by Crippen LogP contribution is -2.28. The Kier molecular flexibility index (Phi) is 4.16. The van der Waals surface area contributed by atoms with Crippen LogP contribution in [-0.2, 0) is 14.8 Å². The van der Waals surface area contributed by atoms with Gasteiger partial charge in [0.15, 0.2) is 0 Å². The molecule has 1 aromatic carbocycles. The van der Waals surface area contributed by atoms with Gasteiger partial charge in [0.2, 0.25) is 10.0 Å². The number of aromatic nitrogens is 2. The molecule has 1 aliphatic rings. The number of anilines is 1. The van der Waals surface area contributed by atoms with Crippen molar-refractivity contribution in [3.63, 3.8) is 0 Å². The summed E-state index contributed by atoms with van der Waals surface area (Å²) in [6.45, 7) is 1.68. The number of rotatable bonds is 0. The Labute approximate surface area is 145 Å². The van der Waals surface area contributed by atoms with Gasteiger partial charge in [-0.15, -0.1) is 0 Å². The van der Waals surface area contributed by atoms with Crippen molar-refractivity contribution in [3.05, 3.63) is 48.8 Å². The summed E-state index contributed by atoms with van der Waals surface area (Å²) in [5, 5.41) is 3.30. The van der Waals surface area contributed by atoms with Crippen molar-refractivity contribution in [2.45, 2.75) is 4.90 Å². The maximum Gasteiger partial charge on any atom is 0.240 e. The summed E-state index contributed by atoms with van der Waals surface area (Å²) < 4.78 is 34.9. The quantitative estimate of drug-likeness (QED) is 0.639. The van der Waals surface area contributed by atoms with Crippen LogP contribution >= 0.6 is 0 Å². The van der Waals surface area contributed by atoms with Crippen LogP contribution in [0, 0.1) is 0 Å². The highest BCUT2D eigenvalue weighted by Crippen LogP contribution is 2.25. The van der Waals surface area contributed by atoms with E-state index in [0.29, 0.717) is 19.8 Å². The number of benzene rings is 1. The number of sulfonamides is 1. The van der Waals surface area contributed by atoms with Crippen LogP contribution in [0.3, 0.4) is 0 Å². The van der Waals surface area contributed by atoms with E-state index in [9.17, 15) is 8.42 Å². The molecule has 0 aliphatic carbocycles. The normalized spacial score (nSPS) is 17.6. The lowest BCUT2D eigenvalue weighted by atomic mass is 10.2. The van der Waals surface area contributed by atoms with Gasteiger partial charge in [0, 0.05) is 24.8 Å². The van der Waals surface area contributed by atoms with Gasteiger partial charge < -0.3 is 10.1 Å². The molecule has 130 valence electrons. The molecule has 3 heterocycles. The zero-order valence-electron chi connectivity index (χ0n) is 13.5. The number of hydrogen-bond donors (Lipinski definition) is 2. The molecule has 0 atom stereocenters. The van der Waals surface area contributed by atoms with Crippen LogP contribution in [0.15, 0.2) is 53.7 Å². The fraction of sp³-hybridized carbons (Fsp3) is 0.235. The Morgan fingerprint density at radius 1 is 1.12 bits per heavy atom. The van der Waals surface area contributed by atoms with E-state index in [2.05, 4.69) is 15.0 Å². The second-order valence-electron chi connectivity index (χ2n) is 5.75. The van der Waals surface area contributed by atoms with Gasteiger partial charge in [0.1, 0.15) is 5.65 Å². The van der Waals surface area contributed by atoms with Crippen LogP contribution in [0.2, 0.25) is 0 Å². The molecule has 2 aromatic heterocycles. The molecule has 0 spiro atoms. The van der Waals surface area contributed by atoms with Crippen LogP contribution in [-0.4, -0.2) is 44.1 Å². The molecule has 0 saturated carbocycles. The van der Waals surface area contributed by atoms with Crippen molar-refractivity contribution in [1.29, 1.82) is 0 Å². The second-order valence-corrected chi connectivity index (χ2v) is 7.52. The van der Waals surface area contributed by atoms with E-state index in [1.54, 1.807) is 24.4 Å². The highest BCUT2D eigenvalue weighted by atomic mass is 32.2. The standard InChI is InChI=1S/C17H18N4O3S/c22-25(23)15-3-1-2-13(10-15)16-11-19-17-5-4-14(12-21(16)17)18-6-8-24-9-7-20-25/h1-5,10-12,18,20H,6-9H2. The minimum atomic E-state index is -3.58. The smallest absolute Gasteiger partial charge is 0.240 e. The average Bonchev–Trinajstić information content (AvgIpc) is 3.03. The molecule has 7 nitrogen and oxygen atoms in total. The van der Waals surface area contributed by atoms with E-state index >= 15 is 0 Å². The Morgan fingerprint density at radius 3 is 2.92 bits per heavy atom. The topological polar surface area (TPSA) is 84.7 Å². The molecule has 4 bridgehead atoms. The Balaban J connectivity index is 1.86. The number of nitrogens with one attached hydrogen (secondary N) is 2. The van der Waals surface area contributed by atoms with Crippen LogP contribution in [0.5, 0.6) is 0 Å². The van der Waals surface area contributed by atoms with Gasteiger partial charge in [0.25, 0.3) is 0 Å². The number of hydrogen-bond acceptors (Lipinski definition) is 5. The molecule has 2 N–H and O–H groups in total. The second kappa shape index (κ2) is 6.47. The van der Waals surface area contributed by atoms with Gasteiger partial charge >= 0.3 is 0 Å². The van der Waals surface area contributed by atoms with Crippen LogP contribution in [0.25, 0.3) is 16.9 Å². The van der Waals surface area contributed by atoms with Crippen molar-refractivity contribution >= 4 is 21.4 Å². The van der Waals surface area contributed by atoms with Gasteiger partial charge in [-0.25, -0.2) is 18.1 Å². The third-order valence-corrected chi connectivity index (χ3v) is 5.52. The molecule has 0 amide bonds. The van der Waals surface area contributed by atoms with Crippen molar-refractivity contribution < 1.29 is 13.2 Å². The zero-order chi connectivity index (χ0) is 17.3. The molecule has 8 heteroatoms. The van der Waals surface area contributed by atoms with Gasteiger partial charge in [-0.05, 0) is 24.3 Å². The largest absolute Gasteiger partial charge is 0.382 e. The summed E-state index contributed by atoms with van der Waals surface area (Å²) in [6, 6.07) is 10.7. The number of nitrogens with zero attached hydrogens (tertiary/aromatic N) is 2. The first-order valence-electron chi connectivity index (χ1n) is 8.02. The SMILES string of the molecule is O=S1(=O)NCCOCCNc2ccc3ncc(n3c2)-c2cccc1c2. The molecule has 0 unspecified atom stereocenters. The van der Waals surface area contributed by atoms with E-state index < -0.39 is 10.0 Å². The fourth-order valence-corrected chi connectivity index (χ4v) is 3.88. The number of fused-ring (bicyclic) bond motifs is 4. The van der Waals surface area contributed by atoms with E-state index in [4.69, 9.17) is 4.74 Å². The summed E-state index contributed by atoms with van der Waals surface area (Å²) in [5.41, 5.74) is 3.38. The van der Waals surface area contributed by atoms with Crippen LogP contribution < -0.4 is 10.0 Å². The minimum Gasteiger partial charge on any atom is -0.382 e. The lowest BCUT2D eigenvalue weighted by molar-refractivity contribution is 0.149. The third-order valence-electron chi connectivity index (χ3n) is 4.06. The van der Waals surface area contributed by atoms with Crippen LogP contribution in [0.4, 0.5) is 5.69 Å². The zero-order valence-corrected chi connectivity index (χ0v) is 14.3. The first kappa shape index (κ1) is 16.1. The van der Waals surface area contributed by atoms with Crippen molar-refractivity contribution in [1.82, 2.24) is 14.1 Å². The predicted molar refractivity (Wildman–Crippen MR) is 95.1 cm³/mol. The van der Waals surface area contributed by atoms with E-state index in [1.165, 1.54) is 0 Å². The highest BCUT2D eigenvalue weighted by molar-refractivity contribution is 7.89. The monoisotopic (exact) mass is 358 g/mol. The fourth-order valence-electron chi connectivity index (χ4n) is 2.82. The molecular weight excluding hydrogens is 340 g/mol. The van der Waals surface area contributed by atoms with Crippen molar-refractivity contribution in [3.8, 4) is 11.3 Å². The van der Waals surface area contributed by atoms with E-state index in [-0.39, 0.29) is 11.4 Å². The maximum absolute atomic E-state index is 12.5. The first-order valence-corrected chi connectivity index (χ1v) is 9.51. The number of imidazole rings is 1. The summed E-state index contributed by atoms with van der Waals surface area (Å²) in [6.07, 6.45) is 3.70. The molecule has 0 saturated heterocycles. The van der Waals surface area contributed by atoms with Gasteiger partial charge in [0.05, 0.1) is 35.7 Å². The maximum atomic E-state index is 12.5. The number of pyridine rings is 1. The Morgan fingerprint density at radius 2 is 2.00 bits per heavy atom. The summed E-state index contributed by atoms with van der Waals surface area (Å²) in [7, 11) is -3.58. The lowest BCUT2D eigenvalue weighted by Gasteiger charge is -2.08. The summed E-state index contributed by atoms with van der Waals surface area (Å²) in [4.78, 5) is 4.63. The van der Waals surface area contributed by atoms with Gasteiger partial charge in [-0.2, -0.15) is 0 Å². The predicted octanol–water partition coefficient (Wildman–Crippen LogP) is 1.72. The first-order chi connectivity index (χ1) is 12.1. The highest BCUT2D eigenvalue weighted by Gasteiger charge is 2.16. The molecular formula is C17H18N4O3S. The average molecular weight is 358 g/mol. The van der Waals surface area contributed by atoms with Gasteiger partial charge in [-0.3, -0.25) is 4.40 Å². The summed E-state index contributed by atoms with van der Waals surface area (Å²) >= 11 is 0. The third kappa shape index (κ3) is 3.23. The van der Waals surface area contributed by atoms with Gasteiger partial charge in [-0.1, -0.05) is 12.1 Å². The van der Waals surface area contributed by atoms with E-state index in [1.807, 2.05) is 28.8 Å². The number of ether oxygens (including phenoxy) is 1. The molecule has 1 aliphatic heterocycles. The molecule has 4 rings (SSSR count). The Hall–Kier alpha value is -2.42. The van der Waals surface area contributed by atoms with Crippen molar-refractivity contribution in [2.75, 3.05) is 31.6 Å². The molecule has 25 heavy (non-hydrogen) atoms. The molecule has 0 fully saturated rings. The summed E-state index contributed by atoms with van der Waals surface area (Å²) in [5.74, 6) is 0. The van der Waals surface area contributed by atoms with Crippen LogP contribution in [0.1, 0.15) is 0 Å². The molecule has 0 radical (unpaired) electrons. The minimum absolute atomic E-state index is 0.226. The molecule has 3 aromatic rings.